The summed E-state index contributed by atoms with van der Waals surface area (Å²) in [5, 5.41) is 10.2. The van der Waals surface area contributed by atoms with Gasteiger partial charge in [-0.25, -0.2) is 4.39 Å². The molecule has 18 heavy (non-hydrogen) atoms. The first kappa shape index (κ1) is 12.7. The lowest BCUT2D eigenvalue weighted by Crippen LogP contribution is -2.18. The minimum Gasteiger partial charge on any atom is -0.383 e. The van der Waals surface area contributed by atoms with Crippen molar-refractivity contribution < 1.29 is 9.13 Å². The van der Waals surface area contributed by atoms with Crippen LogP contribution in [-0.4, -0.2) is 30.5 Å². The summed E-state index contributed by atoms with van der Waals surface area (Å²) < 4.78 is 17.8. The summed E-state index contributed by atoms with van der Waals surface area (Å²) in [6.07, 6.45) is 1.78. The third-order valence-corrected chi connectivity index (χ3v) is 2.65. The minimum absolute atomic E-state index is 0.238. The van der Waals surface area contributed by atoms with E-state index in [-0.39, 0.29) is 5.82 Å². The molecular weight excluding hydrogens is 233 g/mol. The highest BCUT2D eigenvalue weighted by atomic mass is 19.1. The Morgan fingerprint density at radius 3 is 2.83 bits per heavy atom. The molecule has 2 rings (SSSR count). The Morgan fingerprint density at radius 1 is 1.33 bits per heavy atom. The SMILES string of the molecule is COCCNCc1cn[nH]c1-c1ccc(F)cc1. The van der Waals surface area contributed by atoms with E-state index in [0.29, 0.717) is 13.2 Å². The molecule has 0 unspecified atom stereocenters. The molecule has 5 heteroatoms. The molecule has 0 aliphatic carbocycles. The molecule has 0 saturated carbocycles. The number of nitrogens with zero attached hydrogens (tertiary/aromatic N) is 1. The number of methoxy groups -OCH3 is 1. The van der Waals surface area contributed by atoms with Crippen molar-refractivity contribution in [1.29, 1.82) is 0 Å². The van der Waals surface area contributed by atoms with Crippen LogP contribution in [0.2, 0.25) is 0 Å². The number of benzene rings is 1. The van der Waals surface area contributed by atoms with E-state index in [2.05, 4.69) is 15.5 Å². The Bertz CT molecular complexity index is 481. The zero-order valence-corrected chi connectivity index (χ0v) is 10.2. The van der Waals surface area contributed by atoms with Crippen LogP contribution < -0.4 is 5.32 Å². The normalized spacial score (nSPS) is 10.8. The molecule has 0 bridgehead atoms. The van der Waals surface area contributed by atoms with Gasteiger partial charge in [0.05, 0.1) is 18.5 Å². The molecule has 0 aliphatic heterocycles. The quantitative estimate of drug-likeness (QED) is 0.769. The second-order valence-electron chi connectivity index (χ2n) is 3.95. The maximum atomic E-state index is 12.9. The van der Waals surface area contributed by atoms with Crippen LogP contribution in [0.5, 0.6) is 0 Å². The Kier molecular flexibility index (Phi) is 4.44. The number of nitrogens with one attached hydrogen (secondary N) is 2. The maximum Gasteiger partial charge on any atom is 0.123 e. The first-order chi connectivity index (χ1) is 8.81. The van der Waals surface area contributed by atoms with E-state index in [9.17, 15) is 4.39 Å². The van der Waals surface area contributed by atoms with Crippen molar-refractivity contribution in [2.24, 2.45) is 0 Å². The Balaban J connectivity index is 2.05. The molecule has 0 atom stereocenters. The summed E-state index contributed by atoms with van der Waals surface area (Å²) in [6, 6.07) is 6.36. The second kappa shape index (κ2) is 6.28. The summed E-state index contributed by atoms with van der Waals surface area (Å²) in [4.78, 5) is 0. The lowest BCUT2D eigenvalue weighted by molar-refractivity contribution is 0.199. The molecule has 1 heterocycles. The second-order valence-corrected chi connectivity index (χ2v) is 3.95. The molecule has 1 aromatic heterocycles. The van der Waals surface area contributed by atoms with Crippen LogP contribution in [0.3, 0.4) is 0 Å². The molecule has 0 aliphatic rings. The average Bonchev–Trinajstić information content (AvgIpc) is 2.84. The average molecular weight is 249 g/mol. The number of hydrogen-bond acceptors (Lipinski definition) is 3. The van der Waals surface area contributed by atoms with Crippen molar-refractivity contribution in [1.82, 2.24) is 15.5 Å². The number of hydrogen-bond donors (Lipinski definition) is 2. The highest BCUT2D eigenvalue weighted by Gasteiger charge is 2.07. The Hall–Kier alpha value is -1.72. The number of halogens is 1. The molecule has 0 radical (unpaired) electrons. The summed E-state index contributed by atoms with van der Waals surface area (Å²) in [7, 11) is 1.67. The highest BCUT2D eigenvalue weighted by molar-refractivity contribution is 5.62. The molecule has 2 aromatic rings. The topological polar surface area (TPSA) is 49.9 Å². The van der Waals surface area contributed by atoms with Gasteiger partial charge in [0.25, 0.3) is 0 Å². The van der Waals surface area contributed by atoms with Gasteiger partial charge in [-0.2, -0.15) is 5.10 Å². The van der Waals surface area contributed by atoms with Gasteiger partial charge in [0.15, 0.2) is 0 Å². The fourth-order valence-corrected chi connectivity index (χ4v) is 1.71. The summed E-state index contributed by atoms with van der Waals surface area (Å²) in [5.74, 6) is -0.238. The van der Waals surface area contributed by atoms with Gasteiger partial charge in [0.1, 0.15) is 5.82 Å². The van der Waals surface area contributed by atoms with Gasteiger partial charge in [-0.3, -0.25) is 5.10 Å². The van der Waals surface area contributed by atoms with Crippen LogP contribution in [0.1, 0.15) is 5.56 Å². The van der Waals surface area contributed by atoms with Crippen molar-refractivity contribution in [2.75, 3.05) is 20.3 Å². The monoisotopic (exact) mass is 249 g/mol. The highest BCUT2D eigenvalue weighted by Crippen LogP contribution is 2.21. The number of aromatic nitrogens is 2. The molecular formula is C13H16FN3O. The zero-order chi connectivity index (χ0) is 12.8. The van der Waals surface area contributed by atoms with E-state index in [1.165, 1.54) is 12.1 Å². The molecule has 0 spiro atoms. The van der Waals surface area contributed by atoms with Crippen molar-refractivity contribution in [3.63, 3.8) is 0 Å². The van der Waals surface area contributed by atoms with Crippen LogP contribution in [0.25, 0.3) is 11.3 Å². The number of rotatable bonds is 6. The van der Waals surface area contributed by atoms with Crippen LogP contribution in [0.4, 0.5) is 4.39 Å². The van der Waals surface area contributed by atoms with Crippen molar-refractivity contribution in [3.8, 4) is 11.3 Å². The van der Waals surface area contributed by atoms with E-state index in [4.69, 9.17) is 4.74 Å². The predicted octanol–water partition coefficient (Wildman–Crippen LogP) is 1.95. The number of H-pyrrole nitrogens is 1. The summed E-state index contributed by atoms with van der Waals surface area (Å²) in [6.45, 7) is 2.15. The first-order valence-electron chi connectivity index (χ1n) is 5.79. The molecule has 0 saturated heterocycles. The predicted molar refractivity (Wildman–Crippen MR) is 67.6 cm³/mol. The Labute approximate surface area is 105 Å². The van der Waals surface area contributed by atoms with Gasteiger partial charge in [-0.05, 0) is 24.3 Å². The standard InChI is InChI=1S/C13H16FN3O/c1-18-7-6-15-8-11-9-16-17-13(11)10-2-4-12(14)5-3-10/h2-5,9,15H,6-8H2,1H3,(H,16,17). The first-order valence-corrected chi connectivity index (χ1v) is 5.79. The van der Waals surface area contributed by atoms with E-state index < -0.39 is 0 Å². The molecule has 4 nitrogen and oxygen atoms in total. The van der Waals surface area contributed by atoms with Crippen molar-refractivity contribution >= 4 is 0 Å². The zero-order valence-electron chi connectivity index (χ0n) is 10.2. The Morgan fingerprint density at radius 2 is 2.11 bits per heavy atom. The smallest absolute Gasteiger partial charge is 0.123 e. The third kappa shape index (κ3) is 3.15. The molecule has 0 fully saturated rings. The number of ether oxygens (including phenoxy) is 1. The van der Waals surface area contributed by atoms with Crippen LogP contribution in [0.15, 0.2) is 30.5 Å². The van der Waals surface area contributed by atoms with Crippen molar-refractivity contribution in [3.05, 3.63) is 41.8 Å². The van der Waals surface area contributed by atoms with Gasteiger partial charge in [-0.15, -0.1) is 0 Å². The van der Waals surface area contributed by atoms with Crippen molar-refractivity contribution in [2.45, 2.75) is 6.54 Å². The van der Waals surface area contributed by atoms with Gasteiger partial charge in [0.2, 0.25) is 0 Å². The van der Waals surface area contributed by atoms with E-state index in [1.807, 2.05) is 0 Å². The number of aromatic amines is 1. The maximum absolute atomic E-state index is 12.9. The molecule has 96 valence electrons. The van der Waals surface area contributed by atoms with Gasteiger partial charge < -0.3 is 10.1 Å². The minimum atomic E-state index is -0.238. The van der Waals surface area contributed by atoms with Gasteiger partial charge >= 0.3 is 0 Å². The fraction of sp³-hybridized carbons (Fsp3) is 0.308. The van der Waals surface area contributed by atoms with E-state index in [0.717, 1.165) is 23.4 Å². The largest absolute Gasteiger partial charge is 0.383 e. The lowest BCUT2D eigenvalue weighted by atomic mass is 10.1. The van der Waals surface area contributed by atoms with E-state index >= 15 is 0 Å². The fourth-order valence-electron chi connectivity index (χ4n) is 1.71. The third-order valence-electron chi connectivity index (χ3n) is 2.65. The molecule has 0 amide bonds. The lowest BCUT2D eigenvalue weighted by Gasteiger charge is -2.05. The summed E-state index contributed by atoms with van der Waals surface area (Å²) >= 11 is 0. The van der Waals surface area contributed by atoms with Gasteiger partial charge in [0, 0.05) is 31.3 Å². The van der Waals surface area contributed by atoms with Crippen LogP contribution in [-0.2, 0) is 11.3 Å². The molecule has 1 aromatic carbocycles. The van der Waals surface area contributed by atoms with Gasteiger partial charge in [-0.1, -0.05) is 0 Å². The summed E-state index contributed by atoms with van der Waals surface area (Å²) in [5.41, 5.74) is 2.90. The molecule has 2 N–H and O–H groups in total. The van der Waals surface area contributed by atoms with Crippen LogP contribution in [0, 0.1) is 5.82 Å². The van der Waals surface area contributed by atoms with Crippen LogP contribution >= 0.6 is 0 Å². The van der Waals surface area contributed by atoms with E-state index in [1.54, 1.807) is 25.4 Å².